The fourth-order valence-corrected chi connectivity index (χ4v) is 3.32. The Balaban J connectivity index is 1.47. The van der Waals surface area contributed by atoms with E-state index in [4.69, 9.17) is 4.74 Å². The molecule has 0 N–H and O–H groups in total. The molecule has 0 bridgehead atoms. The Bertz CT molecular complexity index is 452. The van der Waals surface area contributed by atoms with Crippen molar-refractivity contribution in [1.82, 2.24) is 15.1 Å². The Kier molecular flexibility index (Phi) is 4.68. The van der Waals surface area contributed by atoms with Crippen LogP contribution in [0.2, 0.25) is 0 Å². The van der Waals surface area contributed by atoms with E-state index in [9.17, 15) is 4.79 Å². The predicted molar refractivity (Wildman–Crippen MR) is 78.8 cm³/mol. The molecule has 0 aromatic carbocycles. The lowest BCUT2D eigenvalue weighted by Gasteiger charge is -2.35. The molecule has 1 amide bonds. The highest BCUT2D eigenvalue weighted by Gasteiger charge is 2.29. The Hall–Kier alpha value is -1.65. The highest BCUT2D eigenvalue weighted by molar-refractivity contribution is 5.79. The van der Waals surface area contributed by atoms with Gasteiger partial charge in [-0.25, -0.2) is 0 Å². The molecule has 0 atom stereocenters. The van der Waals surface area contributed by atoms with Gasteiger partial charge in [-0.15, -0.1) is 5.10 Å². The second kappa shape index (κ2) is 6.87. The molecule has 0 unspecified atom stereocenters. The molecular weight excluding hydrogens is 266 g/mol. The number of likely N-dealkylation sites (tertiary alicyclic amines) is 1. The van der Waals surface area contributed by atoms with Crippen molar-refractivity contribution in [1.29, 1.82) is 0 Å². The zero-order chi connectivity index (χ0) is 14.5. The van der Waals surface area contributed by atoms with Crippen LogP contribution in [0.3, 0.4) is 0 Å². The number of ether oxygens (including phenoxy) is 1. The first kappa shape index (κ1) is 14.3. The summed E-state index contributed by atoms with van der Waals surface area (Å²) in [4.78, 5) is 14.5. The standard InChI is InChI=1S/C16H23N3O2/c20-16(13-5-2-1-3-6-13)19-11-8-14(9-12-19)21-15-7-4-10-17-18-15/h4,7,10,13-14H,1-3,5-6,8-9,11-12H2. The first-order valence-electron chi connectivity index (χ1n) is 8.06. The molecule has 114 valence electrons. The lowest BCUT2D eigenvalue weighted by molar-refractivity contribution is -0.138. The van der Waals surface area contributed by atoms with Crippen LogP contribution < -0.4 is 4.74 Å². The molecule has 2 fully saturated rings. The number of carbonyl (C=O) groups is 1. The van der Waals surface area contributed by atoms with E-state index in [-0.39, 0.29) is 12.0 Å². The number of carbonyl (C=O) groups excluding carboxylic acids is 1. The number of hydrogen-bond donors (Lipinski definition) is 0. The molecule has 2 heterocycles. The Morgan fingerprint density at radius 3 is 2.57 bits per heavy atom. The van der Waals surface area contributed by atoms with Gasteiger partial charge in [0, 0.05) is 44.1 Å². The highest BCUT2D eigenvalue weighted by Crippen LogP contribution is 2.27. The van der Waals surface area contributed by atoms with Gasteiger partial charge in [-0.3, -0.25) is 4.79 Å². The summed E-state index contributed by atoms with van der Waals surface area (Å²) < 4.78 is 5.82. The van der Waals surface area contributed by atoms with Gasteiger partial charge in [0.2, 0.25) is 11.8 Å². The molecule has 1 saturated carbocycles. The van der Waals surface area contributed by atoms with Gasteiger partial charge in [0.1, 0.15) is 6.10 Å². The fraction of sp³-hybridized carbons (Fsp3) is 0.688. The minimum atomic E-state index is 0.150. The molecule has 0 spiro atoms. The van der Waals surface area contributed by atoms with E-state index in [1.54, 1.807) is 6.20 Å². The largest absolute Gasteiger partial charge is 0.473 e. The maximum Gasteiger partial charge on any atom is 0.233 e. The summed E-state index contributed by atoms with van der Waals surface area (Å²) in [7, 11) is 0. The summed E-state index contributed by atoms with van der Waals surface area (Å²) in [5, 5.41) is 7.76. The molecule has 5 nitrogen and oxygen atoms in total. The summed E-state index contributed by atoms with van der Waals surface area (Å²) in [6, 6.07) is 3.65. The van der Waals surface area contributed by atoms with Gasteiger partial charge in [0.25, 0.3) is 0 Å². The van der Waals surface area contributed by atoms with E-state index < -0.39 is 0 Å². The number of nitrogens with zero attached hydrogens (tertiary/aromatic N) is 3. The van der Waals surface area contributed by atoms with Gasteiger partial charge < -0.3 is 9.64 Å². The Labute approximate surface area is 125 Å². The van der Waals surface area contributed by atoms with Crippen molar-refractivity contribution in [3.63, 3.8) is 0 Å². The van der Waals surface area contributed by atoms with Crippen molar-refractivity contribution < 1.29 is 9.53 Å². The molecule has 2 aliphatic rings. The van der Waals surface area contributed by atoms with E-state index in [1.807, 2.05) is 17.0 Å². The summed E-state index contributed by atoms with van der Waals surface area (Å²) in [6.07, 6.45) is 9.42. The van der Waals surface area contributed by atoms with Gasteiger partial charge in [-0.05, 0) is 18.9 Å². The minimum Gasteiger partial charge on any atom is -0.473 e. The fourth-order valence-electron chi connectivity index (χ4n) is 3.32. The van der Waals surface area contributed by atoms with Crippen LogP contribution in [0.5, 0.6) is 5.88 Å². The zero-order valence-electron chi connectivity index (χ0n) is 12.4. The van der Waals surface area contributed by atoms with Gasteiger partial charge >= 0.3 is 0 Å². The predicted octanol–water partition coefficient (Wildman–Crippen LogP) is 2.43. The van der Waals surface area contributed by atoms with Crippen molar-refractivity contribution in [3.05, 3.63) is 18.3 Å². The quantitative estimate of drug-likeness (QED) is 0.857. The molecule has 5 heteroatoms. The SMILES string of the molecule is O=C(C1CCCCC1)N1CCC(Oc2cccnn2)CC1. The molecule has 0 radical (unpaired) electrons. The lowest BCUT2D eigenvalue weighted by Crippen LogP contribution is -2.44. The van der Waals surface area contributed by atoms with Crippen LogP contribution in [0.4, 0.5) is 0 Å². The Morgan fingerprint density at radius 1 is 1.14 bits per heavy atom. The average molecular weight is 289 g/mol. The number of hydrogen-bond acceptors (Lipinski definition) is 4. The van der Waals surface area contributed by atoms with Gasteiger partial charge in [0.15, 0.2) is 0 Å². The number of rotatable bonds is 3. The minimum absolute atomic E-state index is 0.150. The highest BCUT2D eigenvalue weighted by atomic mass is 16.5. The Morgan fingerprint density at radius 2 is 1.90 bits per heavy atom. The van der Waals surface area contributed by atoms with E-state index >= 15 is 0 Å². The first-order valence-corrected chi connectivity index (χ1v) is 8.06. The third-order valence-electron chi connectivity index (χ3n) is 4.54. The van der Waals surface area contributed by atoms with Crippen LogP contribution in [0.15, 0.2) is 18.3 Å². The third-order valence-corrected chi connectivity index (χ3v) is 4.54. The maximum absolute atomic E-state index is 12.5. The van der Waals surface area contributed by atoms with Crippen LogP contribution in [-0.2, 0) is 4.79 Å². The summed E-state index contributed by atoms with van der Waals surface area (Å²) >= 11 is 0. The smallest absolute Gasteiger partial charge is 0.233 e. The monoisotopic (exact) mass is 289 g/mol. The molecule has 3 rings (SSSR count). The van der Waals surface area contributed by atoms with Crippen LogP contribution in [0.1, 0.15) is 44.9 Å². The van der Waals surface area contributed by atoms with Gasteiger partial charge in [-0.2, -0.15) is 5.10 Å². The molecular formula is C16H23N3O2. The molecule has 1 aliphatic carbocycles. The number of piperidine rings is 1. The molecule has 1 aromatic heterocycles. The maximum atomic E-state index is 12.5. The van der Waals surface area contributed by atoms with Crippen molar-refractivity contribution in [2.45, 2.75) is 51.0 Å². The van der Waals surface area contributed by atoms with Crippen molar-refractivity contribution in [2.75, 3.05) is 13.1 Å². The molecule has 1 aliphatic heterocycles. The second-order valence-corrected chi connectivity index (χ2v) is 6.04. The summed E-state index contributed by atoms with van der Waals surface area (Å²) in [5.41, 5.74) is 0. The lowest BCUT2D eigenvalue weighted by atomic mass is 9.88. The van der Waals surface area contributed by atoms with Crippen molar-refractivity contribution in [3.8, 4) is 5.88 Å². The van der Waals surface area contributed by atoms with E-state index in [0.717, 1.165) is 38.8 Å². The first-order chi connectivity index (χ1) is 10.3. The van der Waals surface area contributed by atoms with Crippen molar-refractivity contribution >= 4 is 5.91 Å². The average Bonchev–Trinajstić information content (AvgIpc) is 2.57. The molecule has 1 aromatic rings. The molecule has 21 heavy (non-hydrogen) atoms. The van der Waals surface area contributed by atoms with Crippen LogP contribution in [-0.4, -0.2) is 40.2 Å². The zero-order valence-corrected chi connectivity index (χ0v) is 12.4. The van der Waals surface area contributed by atoms with E-state index in [1.165, 1.54) is 19.3 Å². The molecule has 1 saturated heterocycles. The number of amides is 1. The summed E-state index contributed by atoms with van der Waals surface area (Å²) in [5.74, 6) is 1.22. The third kappa shape index (κ3) is 3.71. The van der Waals surface area contributed by atoms with Crippen LogP contribution >= 0.6 is 0 Å². The van der Waals surface area contributed by atoms with E-state index in [2.05, 4.69) is 10.2 Å². The van der Waals surface area contributed by atoms with Gasteiger partial charge in [0.05, 0.1) is 0 Å². The summed E-state index contributed by atoms with van der Waals surface area (Å²) in [6.45, 7) is 1.61. The topological polar surface area (TPSA) is 55.3 Å². The van der Waals surface area contributed by atoms with Crippen LogP contribution in [0, 0.1) is 5.92 Å². The van der Waals surface area contributed by atoms with E-state index in [0.29, 0.717) is 11.8 Å². The second-order valence-electron chi connectivity index (χ2n) is 6.04. The van der Waals surface area contributed by atoms with Crippen LogP contribution in [0.25, 0.3) is 0 Å². The normalized spacial score (nSPS) is 21.2. The van der Waals surface area contributed by atoms with Gasteiger partial charge in [-0.1, -0.05) is 19.3 Å². The van der Waals surface area contributed by atoms with Crippen molar-refractivity contribution in [2.24, 2.45) is 5.92 Å². The number of aromatic nitrogens is 2.